The van der Waals surface area contributed by atoms with Gasteiger partial charge in [-0.25, -0.2) is 4.68 Å². The average molecular weight is 246 g/mol. The van der Waals surface area contributed by atoms with Gasteiger partial charge in [-0.15, -0.1) is 10.2 Å². The van der Waals surface area contributed by atoms with E-state index in [2.05, 4.69) is 73.2 Å². The number of hydrogen-bond acceptors (Lipinski definition) is 2. The number of aryl methyl sites for hydroxylation is 2. The van der Waals surface area contributed by atoms with Gasteiger partial charge >= 0.3 is 0 Å². The highest BCUT2D eigenvalue weighted by Gasteiger charge is 2.20. The largest absolute Gasteiger partial charge is 0.255 e. The summed E-state index contributed by atoms with van der Waals surface area (Å²) >= 11 is 0. The van der Waals surface area contributed by atoms with E-state index in [9.17, 15) is 0 Å². The molecular weight excluding hydrogens is 224 g/mol. The number of nitrogens with zero attached hydrogens (tertiary/aromatic N) is 4. The van der Waals surface area contributed by atoms with Crippen LogP contribution in [0, 0.1) is 13.8 Å². The van der Waals surface area contributed by atoms with Gasteiger partial charge in [-0.05, 0) is 26.0 Å². The molecule has 0 saturated heterocycles. The van der Waals surface area contributed by atoms with Crippen LogP contribution in [0.4, 0.5) is 0 Å². The molecule has 0 unspecified atom stereocenters. The van der Waals surface area contributed by atoms with E-state index in [4.69, 9.17) is 0 Å². The van der Waals surface area contributed by atoms with Gasteiger partial charge in [0.25, 0.3) is 0 Å². The van der Waals surface area contributed by atoms with Crippen molar-refractivity contribution in [3.63, 3.8) is 0 Å². The van der Waals surface area contributed by atoms with Crippen LogP contribution < -0.4 is 0 Å². The molecule has 0 radical (unpaired) electrons. The third kappa shape index (κ3) is 1.96. The summed E-state index contributed by atoms with van der Waals surface area (Å²) in [5.41, 5.74) is 2.41. The quantitative estimate of drug-likeness (QED) is 0.833. The van der Waals surface area contributed by atoms with Gasteiger partial charge in [0.05, 0.1) is 0 Å². The number of aromatic nitrogens is 4. The molecule has 2 heterocycles. The van der Waals surface area contributed by atoms with Crippen molar-refractivity contribution in [1.82, 2.24) is 19.5 Å². The highest BCUT2D eigenvalue weighted by atomic mass is 15.5. The zero-order chi connectivity index (χ0) is 13.4. The lowest BCUT2D eigenvalue weighted by Crippen LogP contribution is -2.20. The van der Waals surface area contributed by atoms with Crippen molar-refractivity contribution in [2.45, 2.75) is 53.4 Å². The van der Waals surface area contributed by atoms with E-state index >= 15 is 0 Å². The van der Waals surface area contributed by atoms with Crippen LogP contribution in [0.15, 0.2) is 12.1 Å². The Morgan fingerprint density at radius 3 is 1.50 bits per heavy atom. The van der Waals surface area contributed by atoms with Crippen LogP contribution >= 0.6 is 0 Å². The molecule has 2 aromatic heterocycles. The Kier molecular flexibility index (Phi) is 3.28. The van der Waals surface area contributed by atoms with Gasteiger partial charge in [-0.2, -0.15) is 0 Å². The van der Waals surface area contributed by atoms with Gasteiger partial charge in [0, 0.05) is 23.2 Å². The summed E-state index contributed by atoms with van der Waals surface area (Å²) < 4.78 is 4.37. The van der Waals surface area contributed by atoms with Crippen LogP contribution in [0.25, 0.3) is 0 Å². The van der Waals surface area contributed by atoms with E-state index in [1.165, 1.54) is 11.4 Å². The van der Waals surface area contributed by atoms with Crippen LogP contribution in [-0.2, 0) is 0 Å². The van der Waals surface area contributed by atoms with Gasteiger partial charge in [-0.1, -0.05) is 27.7 Å². The monoisotopic (exact) mass is 246 g/mol. The first-order valence-electron chi connectivity index (χ1n) is 6.54. The smallest absolute Gasteiger partial charge is 0.155 e. The molecule has 0 aromatic carbocycles. The van der Waals surface area contributed by atoms with Crippen molar-refractivity contribution in [2.24, 2.45) is 0 Å². The van der Waals surface area contributed by atoms with Crippen LogP contribution in [0.5, 0.6) is 0 Å². The van der Waals surface area contributed by atoms with E-state index in [-0.39, 0.29) is 0 Å². The molecule has 4 heteroatoms. The topological polar surface area (TPSA) is 35.6 Å². The summed E-state index contributed by atoms with van der Waals surface area (Å²) in [4.78, 5) is 0. The predicted molar refractivity (Wildman–Crippen MR) is 72.9 cm³/mol. The lowest BCUT2D eigenvalue weighted by Gasteiger charge is -2.18. The molecule has 4 nitrogen and oxygen atoms in total. The van der Waals surface area contributed by atoms with Crippen molar-refractivity contribution in [3.05, 3.63) is 35.2 Å². The van der Waals surface area contributed by atoms with Crippen molar-refractivity contribution in [1.29, 1.82) is 0 Å². The van der Waals surface area contributed by atoms with Crippen LogP contribution in [0.2, 0.25) is 0 Å². The first-order valence-corrected chi connectivity index (χ1v) is 6.54. The van der Waals surface area contributed by atoms with E-state index in [0.29, 0.717) is 11.8 Å². The maximum absolute atomic E-state index is 4.37. The Morgan fingerprint density at radius 1 is 0.778 bits per heavy atom. The molecule has 0 spiro atoms. The van der Waals surface area contributed by atoms with Crippen molar-refractivity contribution in [3.8, 4) is 0 Å². The van der Waals surface area contributed by atoms with E-state index in [1.807, 2.05) is 0 Å². The third-order valence-corrected chi connectivity index (χ3v) is 3.16. The first kappa shape index (κ1) is 12.9. The summed E-state index contributed by atoms with van der Waals surface area (Å²) in [6, 6.07) is 4.26. The second-order valence-electron chi connectivity index (χ2n) is 5.47. The lowest BCUT2D eigenvalue weighted by atomic mass is 10.2. The Bertz CT molecular complexity index is 501. The third-order valence-electron chi connectivity index (χ3n) is 3.16. The van der Waals surface area contributed by atoms with Crippen molar-refractivity contribution >= 4 is 0 Å². The van der Waals surface area contributed by atoms with E-state index in [1.54, 1.807) is 0 Å². The standard InChI is InChI=1S/C14H22N4/c1-9(2)13-15-16-14(10(3)4)18(13)17-11(5)7-8-12(17)6/h7-10H,1-6H3. The molecule has 98 valence electrons. The molecule has 0 bridgehead atoms. The minimum Gasteiger partial charge on any atom is -0.255 e. The molecule has 0 saturated carbocycles. The van der Waals surface area contributed by atoms with E-state index in [0.717, 1.165) is 11.6 Å². The fourth-order valence-corrected chi connectivity index (χ4v) is 2.21. The maximum Gasteiger partial charge on any atom is 0.155 e. The normalized spacial score (nSPS) is 11.8. The number of hydrogen-bond donors (Lipinski definition) is 0. The molecule has 0 aliphatic heterocycles. The van der Waals surface area contributed by atoms with Gasteiger partial charge in [0.2, 0.25) is 0 Å². The van der Waals surface area contributed by atoms with Gasteiger partial charge in [-0.3, -0.25) is 4.68 Å². The fraction of sp³-hybridized carbons (Fsp3) is 0.571. The second kappa shape index (κ2) is 4.59. The Hall–Kier alpha value is -1.58. The van der Waals surface area contributed by atoms with Crippen LogP contribution in [0.1, 0.15) is 62.6 Å². The predicted octanol–water partition coefficient (Wildman–Crippen LogP) is 3.25. The van der Waals surface area contributed by atoms with Gasteiger partial charge in [0.1, 0.15) is 0 Å². The molecule has 2 aromatic rings. The molecule has 0 amide bonds. The van der Waals surface area contributed by atoms with E-state index < -0.39 is 0 Å². The average Bonchev–Trinajstić information content (AvgIpc) is 2.82. The molecular formula is C14H22N4. The summed E-state index contributed by atoms with van der Waals surface area (Å²) in [7, 11) is 0. The minimum absolute atomic E-state index is 0.353. The maximum atomic E-state index is 4.37. The Morgan fingerprint density at radius 2 is 1.17 bits per heavy atom. The summed E-state index contributed by atoms with van der Waals surface area (Å²) in [5.74, 6) is 2.74. The molecule has 0 atom stereocenters. The molecule has 0 N–H and O–H groups in total. The zero-order valence-electron chi connectivity index (χ0n) is 12.1. The summed E-state index contributed by atoms with van der Waals surface area (Å²) in [6.45, 7) is 12.8. The Balaban J connectivity index is 2.71. The zero-order valence-corrected chi connectivity index (χ0v) is 12.1. The van der Waals surface area contributed by atoms with Gasteiger partial charge < -0.3 is 0 Å². The Labute approximate surface area is 109 Å². The molecule has 18 heavy (non-hydrogen) atoms. The van der Waals surface area contributed by atoms with Crippen molar-refractivity contribution in [2.75, 3.05) is 0 Å². The summed E-state index contributed by atoms with van der Waals surface area (Å²) in [6.07, 6.45) is 0. The highest BCUT2D eigenvalue weighted by Crippen LogP contribution is 2.21. The van der Waals surface area contributed by atoms with Gasteiger partial charge in [0.15, 0.2) is 11.6 Å². The molecule has 0 aliphatic rings. The highest BCUT2D eigenvalue weighted by molar-refractivity contribution is 5.17. The number of rotatable bonds is 3. The SMILES string of the molecule is Cc1ccc(C)n1-n1c(C(C)C)nnc1C(C)C. The molecule has 2 rings (SSSR count). The minimum atomic E-state index is 0.353. The summed E-state index contributed by atoms with van der Waals surface area (Å²) in [5, 5.41) is 8.73. The first-order chi connectivity index (χ1) is 8.43. The molecule has 0 aliphatic carbocycles. The molecule has 0 fully saturated rings. The fourth-order valence-electron chi connectivity index (χ4n) is 2.21. The van der Waals surface area contributed by atoms with Crippen LogP contribution in [-0.4, -0.2) is 19.5 Å². The van der Waals surface area contributed by atoms with Crippen LogP contribution in [0.3, 0.4) is 0 Å². The lowest BCUT2D eigenvalue weighted by molar-refractivity contribution is 0.528. The second-order valence-corrected chi connectivity index (χ2v) is 5.47. The van der Waals surface area contributed by atoms with Crippen molar-refractivity contribution < 1.29 is 0 Å².